The van der Waals surface area contributed by atoms with E-state index in [-0.39, 0.29) is 3.57 Å². The zero-order valence-electron chi connectivity index (χ0n) is 7.35. The molecule has 0 aliphatic carbocycles. The number of pyridine rings is 1. The largest absolute Gasteiger partial charge is 0.476 e. The third-order valence-corrected chi connectivity index (χ3v) is 2.45. The van der Waals surface area contributed by atoms with Crippen LogP contribution in [0.4, 0.5) is 14.5 Å². The Morgan fingerprint density at radius 2 is 2.19 bits per heavy atom. The van der Waals surface area contributed by atoms with Crippen LogP contribution in [0.25, 0.3) is 0 Å². The van der Waals surface area contributed by atoms with E-state index in [0.29, 0.717) is 0 Å². The molecular formula is C7H3F2IN2O4. The van der Waals surface area contributed by atoms with Crippen molar-refractivity contribution in [3.63, 3.8) is 0 Å². The highest BCUT2D eigenvalue weighted by atomic mass is 127. The van der Waals surface area contributed by atoms with Crippen molar-refractivity contribution in [3.8, 4) is 0 Å². The molecule has 0 saturated heterocycles. The van der Waals surface area contributed by atoms with Gasteiger partial charge in [-0.05, 0) is 22.6 Å². The lowest BCUT2D eigenvalue weighted by molar-refractivity contribution is -0.385. The second-order valence-corrected chi connectivity index (χ2v) is 3.75. The summed E-state index contributed by atoms with van der Waals surface area (Å²) in [5.41, 5.74) is -2.56. The van der Waals surface area contributed by atoms with E-state index >= 15 is 0 Å². The Morgan fingerprint density at radius 3 is 2.56 bits per heavy atom. The summed E-state index contributed by atoms with van der Waals surface area (Å²) in [6.45, 7) is 0. The van der Waals surface area contributed by atoms with Crippen LogP contribution in [-0.2, 0) is 0 Å². The number of carboxylic acid groups (broad SMARTS) is 1. The lowest BCUT2D eigenvalue weighted by Gasteiger charge is -2.04. The average molecular weight is 344 g/mol. The van der Waals surface area contributed by atoms with Crippen LogP contribution in [0, 0.1) is 13.7 Å². The molecule has 16 heavy (non-hydrogen) atoms. The maximum atomic E-state index is 12.4. The van der Waals surface area contributed by atoms with E-state index < -0.39 is 34.4 Å². The Labute approximate surface area is 101 Å². The molecular weight excluding hydrogens is 341 g/mol. The quantitative estimate of drug-likeness (QED) is 0.516. The van der Waals surface area contributed by atoms with Crippen molar-refractivity contribution in [1.82, 2.24) is 4.98 Å². The van der Waals surface area contributed by atoms with Crippen LogP contribution in [0.5, 0.6) is 0 Å². The standard InChI is InChI=1S/C7H3F2IN2O4/c8-6(9)4-2(10)1-3(12(15)16)5(11-4)7(13)14/h1,6H,(H,13,14). The minimum Gasteiger partial charge on any atom is -0.476 e. The van der Waals surface area contributed by atoms with E-state index in [9.17, 15) is 23.7 Å². The first kappa shape index (κ1) is 12.7. The van der Waals surface area contributed by atoms with Crippen LogP contribution in [0.15, 0.2) is 6.07 Å². The van der Waals surface area contributed by atoms with E-state index in [1.807, 2.05) is 0 Å². The van der Waals surface area contributed by atoms with E-state index in [1.165, 1.54) is 22.6 Å². The molecule has 0 spiro atoms. The van der Waals surface area contributed by atoms with Crippen molar-refractivity contribution in [2.45, 2.75) is 6.43 Å². The number of nitro groups is 1. The van der Waals surface area contributed by atoms with Crippen LogP contribution in [0.2, 0.25) is 0 Å². The molecule has 0 atom stereocenters. The molecule has 86 valence electrons. The number of rotatable bonds is 3. The van der Waals surface area contributed by atoms with Crippen molar-refractivity contribution < 1.29 is 23.6 Å². The van der Waals surface area contributed by atoms with E-state index in [0.717, 1.165) is 6.07 Å². The molecule has 1 aromatic rings. The molecule has 0 fully saturated rings. The van der Waals surface area contributed by atoms with Crippen LogP contribution in [-0.4, -0.2) is 21.0 Å². The highest BCUT2D eigenvalue weighted by Gasteiger charge is 2.27. The lowest BCUT2D eigenvalue weighted by Crippen LogP contribution is -2.09. The van der Waals surface area contributed by atoms with Crippen molar-refractivity contribution in [2.24, 2.45) is 0 Å². The molecule has 1 N–H and O–H groups in total. The highest BCUT2D eigenvalue weighted by molar-refractivity contribution is 14.1. The summed E-state index contributed by atoms with van der Waals surface area (Å²) in [5, 5.41) is 19.1. The van der Waals surface area contributed by atoms with Crippen molar-refractivity contribution >= 4 is 34.2 Å². The Balaban J connectivity index is 3.49. The Bertz CT molecular complexity index is 466. The summed E-state index contributed by atoms with van der Waals surface area (Å²) in [4.78, 5) is 23.2. The second kappa shape index (κ2) is 4.63. The molecule has 0 amide bonds. The average Bonchev–Trinajstić information content (AvgIpc) is 2.15. The summed E-state index contributed by atoms with van der Waals surface area (Å²) in [5.74, 6) is -1.72. The molecule has 1 aromatic heterocycles. The van der Waals surface area contributed by atoms with Crippen molar-refractivity contribution in [2.75, 3.05) is 0 Å². The van der Waals surface area contributed by atoms with Crippen molar-refractivity contribution in [1.29, 1.82) is 0 Å². The van der Waals surface area contributed by atoms with Crippen LogP contribution < -0.4 is 0 Å². The number of aromatic nitrogens is 1. The fourth-order valence-electron chi connectivity index (χ4n) is 0.943. The van der Waals surface area contributed by atoms with Crippen molar-refractivity contribution in [3.05, 3.63) is 31.1 Å². The van der Waals surface area contributed by atoms with Gasteiger partial charge in [-0.2, -0.15) is 0 Å². The molecule has 9 heteroatoms. The molecule has 0 aliphatic rings. The summed E-state index contributed by atoms with van der Waals surface area (Å²) < 4.78 is 24.6. The van der Waals surface area contributed by atoms with Crippen LogP contribution in [0.3, 0.4) is 0 Å². The minimum atomic E-state index is -2.98. The van der Waals surface area contributed by atoms with Gasteiger partial charge in [0.15, 0.2) is 0 Å². The van der Waals surface area contributed by atoms with Gasteiger partial charge in [0.05, 0.1) is 4.92 Å². The molecule has 0 radical (unpaired) electrons. The number of aromatic carboxylic acids is 1. The number of carbonyl (C=O) groups is 1. The van der Waals surface area contributed by atoms with Crippen LogP contribution >= 0.6 is 22.6 Å². The summed E-state index contributed by atoms with van der Waals surface area (Å²) in [6.07, 6.45) is -2.98. The van der Waals surface area contributed by atoms with Gasteiger partial charge in [-0.15, -0.1) is 0 Å². The second-order valence-electron chi connectivity index (χ2n) is 2.59. The third-order valence-electron chi connectivity index (χ3n) is 1.59. The van der Waals surface area contributed by atoms with Gasteiger partial charge in [0.2, 0.25) is 5.69 Å². The monoisotopic (exact) mass is 344 g/mol. The molecule has 1 rings (SSSR count). The molecule has 0 unspecified atom stereocenters. The molecule has 1 heterocycles. The van der Waals surface area contributed by atoms with Gasteiger partial charge in [-0.3, -0.25) is 10.1 Å². The molecule has 0 aliphatic heterocycles. The van der Waals surface area contributed by atoms with Gasteiger partial charge >= 0.3 is 11.7 Å². The Hall–Kier alpha value is -1.39. The van der Waals surface area contributed by atoms with Crippen LogP contribution in [0.1, 0.15) is 22.6 Å². The van der Waals surface area contributed by atoms with Gasteiger partial charge in [-0.25, -0.2) is 18.6 Å². The SMILES string of the molecule is O=C(O)c1nc(C(F)F)c(I)cc1[N+](=O)[O-]. The summed E-state index contributed by atoms with van der Waals surface area (Å²) >= 11 is 1.43. The molecule has 0 aromatic carbocycles. The predicted octanol–water partition coefficient (Wildman–Crippen LogP) is 2.23. The number of carboxylic acids is 1. The number of alkyl halides is 2. The Kier molecular flexibility index (Phi) is 3.67. The number of halogens is 3. The molecule has 0 saturated carbocycles. The maximum absolute atomic E-state index is 12.4. The predicted molar refractivity (Wildman–Crippen MR) is 55.5 cm³/mol. The summed E-state index contributed by atoms with van der Waals surface area (Å²) in [6, 6.07) is 0.762. The van der Waals surface area contributed by atoms with E-state index in [2.05, 4.69) is 4.98 Å². The first-order valence-electron chi connectivity index (χ1n) is 3.71. The van der Waals surface area contributed by atoms with Gasteiger partial charge in [0, 0.05) is 9.64 Å². The Morgan fingerprint density at radius 1 is 1.62 bits per heavy atom. The first-order chi connectivity index (χ1) is 7.34. The fourth-order valence-corrected chi connectivity index (χ4v) is 1.59. The lowest BCUT2D eigenvalue weighted by atomic mass is 10.2. The highest BCUT2D eigenvalue weighted by Crippen LogP contribution is 2.28. The smallest absolute Gasteiger partial charge is 0.361 e. The zero-order valence-corrected chi connectivity index (χ0v) is 9.51. The van der Waals surface area contributed by atoms with Gasteiger partial charge in [0.1, 0.15) is 5.69 Å². The van der Waals surface area contributed by atoms with Gasteiger partial charge in [0.25, 0.3) is 6.43 Å². The first-order valence-corrected chi connectivity index (χ1v) is 4.78. The van der Waals surface area contributed by atoms with Gasteiger partial charge in [-0.1, -0.05) is 0 Å². The fraction of sp³-hybridized carbons (Fsp3) is 0.143. The maximum Gasteiger partial charge on any atom is 0.361 e. The number of hydrogen-bond acceptors (Lipinski definition) is 4. The normalized spacial score (nSPS) is 10.5. The zero-order chi connectivity index (χ0) is 12.5. The molecule has 0 bridgehead atoms. The minimum absolute atomic E-state index is 0.149. The molecule has 6 nitrogen and oxygen atoms in total. The third kappa shape index (κ3) is 2.40. The van der Waals surface area contributed by atoms with E-state index in [1.54, 1.807) is 0 Å². The number of nitrogens with zero attached hydrogens (tertiary/aromatic N) is 2. The number of hydrogen-bond donors (Lipinski definition) is 1. The summed E-state index contributed by atoms with van der Waals surface area (Å²) in [7, 11) is 0. The van der Waals surface area contributed by atoms with E-state index in [4.69, 9.17) is 5.11 Å². The topological polar surface area (TPSA) is 93.3 Å². The van der Waals surface area contributed by atoms with Gasteiger partial charge < -0.3 is 5.11 Å².